The van der Waals surface area contributed by atoms with Crippen LogP contribution in [-0.4, -0.2) is 16.4 Å². The Bertz CT molecular complexity index is 188. The third kappa shape index (κ3) is 3.91. The molecule has 11 heavy (non-hydrogen) atoms. The van der Waals surface area contributed by atoms with E-state index in [-0.39, 0.29) is 4.84 Å². The van der Waals surface area contributed by atoms with Crippen molar-refractivity contribution in [3.8, 4) is 0 Å². The van der Waals surface area contributed by atoms with E-state index in [4.69, 9.17) is 23.2 Å². The van der Waals surface area contributed by atoms with E-state index in [0.29, 0.717) is 6.54 Å². The number of hydrogen-bond donors (Lipinski definition) is 1. The summed E-state index contributed by atoms with van der Waals surface area (Å²) in [5, 5.41) is 5.06. The minimum Gasteiger partial charge on any atom is -0.308 e. The maximum absolute atomic E-state index is 5.50. The van der Waals surface area contributed by atoms with Crippen molar-refractivity contribution >= 4 is 34.5 Å². The van der Waals surface area contributed by atoms with Crippen molar-refractivity contribution in [1.29, 1.82) is 0 Å². The summed E-state index contributed by atoms with van der Waals surface area (Å²) in [7, 11) is 0. The summed E-state index contributed by atoms with van der Waals surface area (Å²) in [5.74, 6) is 0. The van der Waals surface area contributed by atoms with Gasteiger partial charge in [0, 0.05) is 18.5 Å². The molecule has 0 atom stereocenters. The van der Waals surface area contributed by atoms with Gasteiger partial charge in [-0.2, -0.15) is 0 Å². The zero-order valence-corrected chi connectivity index (χ0v) is 8.09. The minimum absolute atomic E-state index is 0.339. The van der Waals surface area contributed by atoms with Crippen molar-refractivity contribution in [2.75, 3.05) is 6.54 Å². The van der Waals surface area contributed by atoms with Crippen LogP contribution < -0.4 is 5.32 Å². The molecule has 1 aromatic heterocycles. The molecule has 0 aliphatic heterocycles. The molecule has 0 unspecified atom stereocenters. The van der Waals surface area contributed by atoms with Crippen LogP contribution >= 0.6 is 34.5 Å². The largest absolute Gasteiger partial charge is 0.308 e. The Kier molecular flexibility index (Phi) is 4.15. The van der Waals surface area contributed by atoms with Crippen LogP contribution in [0.25, 0.3) is 0 Å². The first kappa shape index (κ1) is 9.26. The fourth-order valence-corrected chi connectivity index (χ4v) is 1.41. The van der Waals surface area contributed by atoms with Gasteiger partial charge in [-0.05, 0) is 0 Å². The summed E-state index contributed by atoms with van der Waals surface area (Å²) in [6, 6.07) is 0. The number of halogens is 2. The standard InChI is InChI=1S/C6H8Cl2N2S/c7-6(8)2-9-1-5-3-11-4-10-5/h3-4,6,9H,1-2H2. The lowest BCUT2D eigenvalue weighted by Gasteiger charge is -2.01. The van der Waals surface area contributed by atoms with Crippen molar-refractivity contribution < 1.29 is 0 Å². The number of nitrogens with one attached hydrogen (secondary N) is 1. The number of aromatic nitrogens is 1. The molecule has 0 saturated carbocycles. The van der Waals surface area contributed by atoms with Gasteiger partial charge in [-0.3, -0.25) is 0 Å². The fourth-order valence-electron chi connectivity index (χ4n) is 0.634. The predicted octanol–water partition coefficient (Wildman–Crippen LogP) is 2.04. The third-order valence-corrected chi connectivity index (χ3v) is 2.03. The van der Waals surface area contributed by atoms with Crippen LogP contribution in [0.5, 0.6) is 0 Å². The van der Waals surface area contributed by atoms with Crippen LogP contribution in [-0.2, 0) is 6.54 Å². The van der Waals surface area contributed by atoms with Crippen molar-refractivity contribution in [3.05, 3.63) is 16.6 Å². The zero-order valence-electron chi connectivity index (χ0n) is 5.76. The lowest BCUT2D eigenvalue weighted by Crippen LogP contribution is -2.19. The molecule has 0 fully saturated rings. The second-order valence-electron chi connectivity index (χ2n) is 2.00. The van der Waals surface area contributed by atoms with Crippen LogP contribution in [0.3, 0.4) is 0 Å². The molecule has 0 spiro atoms. The Morgan fingerprint density at radius 1 is 1.64 bits per heavy atom. The summed E-state index contributed by atoms with van der Waals surface area (Å²) >= 11 is 12.6. The summed E-state index contributed by atoms with van der Waals surface area (Å²) in [4.78, 5) is 3.74. The van der Waals surface area contributed by atoms with E-state index in [1.165, 1.54) is 0 Å². The molecule has 0 saturated heterocycles. The van der Waals surface area contributed by atoms with E-state index >= 15 is 0 Å². The van der Waals surface area contributed by atoms with E-state index in [2.05, 4.69) is 10.3 Å². The highest BCUT2D eigenvalue weighted by atomic mass is 35.5. The molecular formula is C6H8Cl2N2S. The quantitative estimate of drug-likeness (QED) is 0.771. The fraction of sp³-hybridized carbons (Fsp3) is 0.500. The topological polar surface area (TPSA) is 24.9 Å². The SMILES string of the molecule is ClC(Cl)CNCc1cscn1. The molecule has 1 heterocycles. The summed E-state index contributed by atoms with van der Waals surface area (Å²) in [6.45, 7) is 1.33. The highest BCUT2D eigenvalue weighted by Crippen LogP contribution is 2.02. The molecule has 0 aliphatic rings. The van der Waals surface area contributed by atoms with Gasteiger partial charge < -0.3 is 5.32 Å². The molecule has 1 N–H and O–H groups in total. The van der Waals surface area contributed by atoms with E-state index in [1.54, 1.807) is 16.8 Å². The molecule has 0 radical (unpaired) electrons. The Morgan fingerprint density at radius 2 is 2.45 bits per heavy atom. The first-order chi connectivity index (χ1) is 5.29. The number of rotatable bonds is 4. The highest BCUT2D eigenvalue weighted by Gasteiger charge is 1.98. The van der Waals surface area contributed by atoms with Crippen LogP contribution in [0.15, 0.2) is 10.9 Å². The first-order valence-electron chi connectivity index (χ1n) is 3.15. The highest BCUT2D eigenvalue weighted by molar-refractivity contribution is 7.07. The first-order valence-corrected chi connectivity index (χ1v) is 4.96. The average molecular weight is 211 g/mol. The summed E-state index contributed by atoms with van der Waals surface area (Å²) < 4.78 is 0. The molecule has 0 amide bonds. The molecule has 0 bridgehead atoms. The van der Waals surface area contributed by atoms with Crippen LogP contribution in [0.4, 0.5) is 0 Å². The average Bonchev–Trinajstić information content (AvgIpc) is 2.39. The Morgan fingerprint density at radius 3 is 3.00 bits per heavy atom. The second kappa shape index (κ2) is 4.93. The van der Waals surface area contributed by atoms with Gasteiger partial charge in [-0.15, -0.1) is 34.5 Å². The van der Waals surface area contributed by atoms with Gasteiger partial charge in [0.1, 0.15) is 4.84 Å². The molecule has 1 aromatic rings. The van der Waals surface area contributed by atoms with Crippen LogP contribution in [0.2, 0.25) is 0 Å². The third-order valence-electron chi connectivity index (χ3n) is 1.09. The van der Waals surface area contributed by atoms with Crippen molar-refractivity contribution in [1.82, 2.24) is 10.3 Å². The maximum atomic E-state index is 5.50. The molecule has 2 nitrogen and oxygen atoms in total. The number of nitrogens with zero attached hydrogens (tertiary/aromatic N) is 1. The normalized spacial score (nSPS) is 10.8. The van der Waals surface area contributed by atoms with Crippen molar-refractivity contribution in [2.45, 2.75) is 11.4 Å². The maximum Gasteiger partial charge on any atom is 0.120 e. The van der Waals surface area contributed by atoms with Gasteiger partial charge in [0.15, 0.2) is 0 Å². The van der Waals surface area contributed by atoms with Crippen molar-refractivity contribution in [3.63, 3.8) is 0 Å². The minimum atomic E-state index is -0.339. The van der Waals surface area contributed by atoms with E-state index in [1.807, 2.05) is 5.38 Å². The van der Waals surface area contributed by atoms with Gasteiger partial charge in [0.05, 0.1) is 11.2 Å². The summed E-state index contributed by atoms with van der Waals surface area (Å²) in [6.07, 6.45) is 0. The molecule has 0 aromatic carbocycles. The summed E-state index contributed by atoms with van der Waals surface area (Å²) in [5.41, 5.74) is 2.83. The Hall–Kier alpha value is 0.170. The smallest absolute Gasteiger partial charge is 0.120 e. The van der Waals surface area contributed by atoms with E-state index < -0.39 is 0 Å². The number of hydrogen-bond acceptors (Lipinski definition) is 3. The van der Waals surface area contributed by atoms with E-state index in [9.17, 15) is 0 Å². The van der Waals surface area contributed by atoms with Gasteiger partial charge >= 0.3 is 0 Å². The zero-order chi connectivity index (χ0) is 8.10. The van der Waals surface area contributed by atoms with Gasteiger partial charge in [0.25, 0.3) is 0 Å². The number of thiazole rings is 1. The Balaban J connectivity index is 2.14. The van der Waals surface area contributed by atoms with Gasteiger partial charge in [-0.1, -0.05) is 0 Å². The van der Waals surface area contributed by atoms with E-state index in [0.717, 1.165) is 12.2 Å². The molecule has 0 aliphatic carbocycles. The number of alkyl halides is 2. The molecule has 62 valence electrons. The van der Waals surface area contributed by atoms with Crippen LogP contribution in [0.1, 0.15) is 5.69 Å². The van der Waals surface area contributed by atoms with Crippen molar-refractivity contribution in [2.24, 2.45) is 0 Å². The Labute approximate surface area is 79.5 Å². The lowest BCUT2D eigenvalue weighted by atomic mass is 10.5. The van der Waals surface area contributed by atoms with Gasteiger partial charge in [0.2, 0.25) is 0 Å². The van der Waals surface area contributed by atoms with Gasteiger partial charge in [-0.25, -0.2) is 4.98 Å². The molecule has 1 rings (SSSR count). The predicted molar refractivity (Wildman–Crippen MR) is 49.3 cm³/mol. The lowest BCUT2D eigenvalue weighted by molar-refractivity contribution is 0.704. The monoisotopic (exact) mass is 210 g/mol. The second-order valence-corrected chi connectivity index (χ2v) is 4.00. The molecular weight excluding hydrogens is 203 g/mol. The molecule has 5 heteroatoms. The van der Waals surface area contributed by atoms with Crippen LogP contribution in [0, 0.1) is 0 Å².